The molecule has 0 bridgehead atoms. The number of hydrogen-bond acceptors (Lipinski definition) is 5. The molecule has 0 unspecified atom stereocenters. The fourth-order valence-electron chi connectivity index (χ4n) is 1.69. The Morgan fingerprint density at radius 2 is 2.05 bits per heavy atom. The Morgan fingerprint density at radius 3 is 2.65 bits per heavy atom. The van der Waals surface area contributed by atoms with Crippen LogP contribution < -0.4 is 4.74 Å². The lowest BCUT2D eigenvalue weighted by molar-refractivity contribution is 0.281. The molecule has 0 saturated carbocycles. The van der Waals surface area contributed by atoms with Crippen molar-refractivity contribution in [2.24, 2.45) is 0 Å². The van der Waals surface area contributed by atoms with Crippen molar-refractivity contribution in [3.63, 3.8) is 0 Å². The maximum absolute atomic E-state index is 11.5. The molecule has 0 aliphatic heterocycles. The van der Waals surface area contributed by atoms with Crippen molar-refractivity contribution < 1.29 is 18.3 Å². The van der Waals surface area contributed by atoms with Gasteiger partial charge in [0, 0.05) is 18.0 Å². The SMILES string of the molecule is Cc1cc(CO)cnc1Oc1cccc(S(C)(=O)=O)c1. The smallest absolute Gasteiger partial charge is 0.222 e. The van der Waals surface area contributed by atoms with Crippen molar-refractivity contribution >= 4 is 9.84 Å². The standard InChI is InChI=1S/C14H15NO4S/c1-10-6-11(9-16)8-15-14(10)19-12-4-3-5-13(7-12)20(2,17)18/h3-8,16H,9H2,1-2H3. The highest BCUT2D eigenvalue weighted by molar-refractivity contribution is 7.90. The van der Waals surface area contributed by atoms with Gasteiger partial charge in [0.15, 0.2) is 9.84 Å². The first-order valence-corrected chi connectivity index (χ1v) is 7.83. The molecule has 1 aromatic heterocycles. The number of nitrogens with zero attached hydrogens (tertiary/aromatic N) is 1. The minimum absolute atomic E-state index is 0.0856. The third-order valence-electron chi connectivity index (χ3n) is 2.72. The second-order valence-corrected chi connectivity index (χ2v) is 6.49. The van der Waals surface area contributed by atoms with Crippen LogP contribution in [0.5, 0.6) is 11.6 Å². The van der Waals surface area contributed by atoms with Gasteiger partial charge in [0.1, 0.15) is 5.75 Å². The minimum atomic E-state index is -3.27. The number of ether oxygens (including phenoxy) is 1. The van der Waals surface area contributed by atoms with Gasteiger partial charge in [-0.1, -0.05) is 6.07 Å². The lowest BCUT2D eigenvalue weighted by Gasteiger charge is -2.09. The van der Waals surface area contributed by atoms with E-state index < -0.39 is 9.84 Å². The lowest BCUT2D eigenvalue weighted by Crippen LogP contribution is -1.98. The van der Waals surface area contributed by atoms with Crippen molar-refractivity contribution in [2.75, 3.05) is 6.26 Å². The van der Waals surface area contributed by atoms with E-state index in [4.69, 9.17) is 9.84 Å². The van der Waals surface area contributed by atoms with E-state index in [1.807, 2.05) is 6.92 Å². The zero-order valence-electron chi connectivity index (χ0n) is 11.2. The molecule has 0 amide bonds. The fraction of sp³-hybridized carbons (Fsp3) is 0.214. The minimum Gasteiger partial charge on any atom is -0.439 e. The molecule has 1 aromatic carbocycles. The predicted molar refractivity (Wildman–Crippen MR) is 74.5 cm³/mol. The number of benzene rings is 1. The van der Waals surface area contributed by atoms with Crippen molar-refractivity contribution in [3.8, 4) is 11.6 Å². The molecule has 0 aliphatic carbocycles. The van der Waals surface area contributed by atoms with Crippen LogP contribution >= 0.6 is 0 Å². The van der Waals surface area contributed by atoms with Crippen molar-refractivity contribution in [3.05, 3.63) is 47.7 Å². The fourth-order valence-corrected chi connectivity index (χ4v) is 2.35. The molecule has 2 aromatic rings. The summed E-state index contributed by atoms with van der Waals surface area (Å²) in [4.78, 5) is 4.30. The lowest BCUT2D eigenvalue weighted by atomic mass is 10.2. The van der Waals surface area contributed by atoms with Crippen LogP contribution in [0.4, 0.5) is 0 Å². The molecule has 5 nitrogen and oxygen atoms in total. The first-order chi connectivity index (χ1) is 9.40. The van der Waals surface area contributed by atoms with Crippen LogP contribution in [0, 0.1) is 6.92 Å². The van der Waals surface area contributed by atoms with Crippen LogP contribution in [0.25, 0.3) is 0 Å². The number of aromatic nitrogens is 1. The van der Waals surface area contributed by atoms with Crippen molar-refractivity contribution in [1.82, 2.24) is 4.98 Å². The summed E-state index contributed by atoms with van der Waals surface area (Å²) in [6.07, 6.45) is 2.66. The van der Waals surface area contributed by atoms with Gasteiger partial charge in [-0.15, -0.1) is 0 Å². The van der Waals surface area contributed by atoms with E-state index in [-0.39, 0.29) is 11.5 Å². The molecule has 0 spiro atoms. The van der Waals surface area contributed by atoms with Gasteiger partial charge < -0.3 is 9.84 Å². The highest BCUT2D eigenvalue weighted by atomic mass is 32.2. The van der Waals surface area contributed by atoms with Gasteiger partial charge >= 0.3 is 0 Å². The molecule has 0 saturated heterocycles. The van der Waals surface area contributed by atoms with Crippen LogP contribution in [0.3, 0.4) is 0 Å². The van der Waals surface area contributed by atoms with Gasteiger partial charge in [0.2, 0.25) is 5.88 Å². The van der Waals surface area contributed by atoms with E-state index >= 15 is 0 Å². The zero-order chi connectivity index (χ0) is 14.8. The molecule has 1 N–H and O–H groups in total. The first-order valence-electron chi connectivity index (χ1n) is 5.94. The second kappa shape index (κ2) is 5.60. The molecular formula is C14H15NO4S. The normalized spacial score (nSPS) is 11.3. The summed E-state index contributed by atoms with van der Waals surface area (Å²) in [6.45, 7) is 1.72. The molecule has 1 heterocycles. The number of pyridine rings is 1. The Labute approximate surface area is 117 Å². The van der Waals surface area contributed by atoms with Crippen LogP contribution in [0.2, 0.25) is 0 Å². The Morgan fingerprint density at radius 1 is 1.30 bits per heavy atom. The predicted octanol–water partition coefficient (Wildman–Crippen LogP) is 2.08. The van der Waals surface area contributed by atoms with Gasteiger partial charge in [0.05, 0.1) is 11.5 Å². The third kappa shape index (κ3) is 3.34. The Kier molecular flexibility index (Phi) is 4.06. The Bertz CT molecular complexity index is 726. The highest BCUT2D eigenvalue weighted by Crippen LogP contribution is 2.25. The Hall–Kier alpha value is -1.92. The molecule has 0 radical (unpaired) electrons. The summed E-state index contributed by atoms with van der Waals surface area (Å²) < 4.78 is 28.6. The average molecular weight is 293 g/mol. The third-order valence-corrected chi connectivity index (χ3v) is 3.83. The zero-order valence-corrected chi connectivity index (χ0v) is 12.0. The summed E-state index contributed by atoms with van der Waals surface area (Å²) >= 11 is 0. The molecule has 0 atom stereocenters. The van der Waals surface area contributed by atoms with Crippen LogP contribution in [0.15, 0.2) is 41.4 Å². The van der Waals surface area contributed by atoms with E-state index in [9.17, 15) is 8.42 Å². The summed E-state index contributed by atoms with van der Waals surface area (Å²) in [5, 5.41) is 9.02. The Balaban J connectivity index is 2.31. The molecule has 106 valence electrons. The monoisotopic (exact) mass is 293 g/mol. The second-order valence-electron chi connectivity index (χ2n) is 4.47. The van der Waals surface area contributed by atoms with Crippen LogP contribution in [-0.2, 0) is 16.4 Å². The van der Waals surface area contributed by atoms with E-state index in [2.05, 4.69) is 4.98 Å². The maximum Gasteiger partial charge on any atom is 0.222 e. The van der Waals surface area contributed by atoms with Crippen LogP contribution in [-0.4, -0.2) is 24.8 Å². The molecule has 20 heavy (non-hydrogen) atoms. The summed E-state index contributed by atoms with van der Waals surface area (Å²) in [5.41, 5.74) is 1.46. The number of aryl methyl sites for hydroxylation is 1. The van der Waals surface area contributed by atoms with Crippen molar-refractivity contribution in [2.45, 2.75) is 18.4 Å². The number of rotatable bonds is 4. The van der Waals surface area contributed by atoms with Crippen molar-refractivity contribution in [1.29, 1.82) is 0 Å². The van der Waals surface area contributed by atoms with Gasteiger partial charge in [-0.3, -0.25) is 0 Å². The number of sulfone groups is 1. The summed E-state index contributed by atoms with van der Waals surface area (Å²) in [6, 6.07) is 8.01. The number of hydrogen-bond donors (Lipinski definition) is 1. The van der Waals surface area contributed by atoms with Gasteiger partial charge in [-0.25, -0.2) is 13.4 Å². The van der Waals surface area contributed by atoms with Gasteiger partial charge in [-0.05, 0) is 36.8 Å². The average Bonchev–Trinajstić information content (AvgIpc) is 2.40. The van der Waals surface area contributed by atoms with Gasteiger partial charge in [-0.2, -0.15) is 0 Å². The summed E-state index contributed by atoms with van der Waals surface area (Å²) in [5.74, 6) is 0.785. The summed E-state index contributed by atoms with van der Waals surface area (Å²) in [7, 11) is -3.27. The number of aliphatic hydroxyl groups excluding tert-OH is 1. The van der Waals surface area contributed by atoms with Gasteiger partial charge in [0.25, 0.3) is 0 Å². The van der Waals surface area contributed by atoms with E-state index in [0.717, 1.165) is 11.8 Å². The number of aliphatic hydroxyl groups is 1. The maximum atomic E-state index is 11.5. The largest absolute Gasteiger partial charge is 0.439 e. The van der Waals surface area contributed by atoms with E-state index in [0.29, 0.717) is 17.2 Å². The molecule has 0 aliphatic rings. The molecule has 2 rings (SSSR count). The molecular weight excluding hydrogens is 278 g/mol. The molecule has 6 heteroatoms. The van der Waals surface area contributed by atoms with E-state index in [1.54, 1.807) is 18.2 Å². The topological polar surface area (TPSA) is 76.5 Å². The highest BCUT2D eigenvalue weighted by Gasteiger charge is 2.10. The molecule has 0 fully saturated rings. The van der Waals surface area contributed by atoms with Crippen LogP contribution in [0.1, 0.15) is 11.1 Å². The first kappa shape index (κ1) is 14.5. The quantitative estimate of drug-likeness (QED) is 0.934. The van der Waals surface area contributed by atoms with E-state index in [1.165, 1.54) is 18.3 Å².